The van der Waals surface area contributed by atoms with Crippen LogP contribution in [0.1, 0.15) is 25.8 Å². The second-order valence-corrected chi connectivity index (χ2v) is 6.71. The van der Waals surface area contributed by atoms with Gasteiger partial charge in [0.25, 0.3) is 0 Å². The number of hydrogen-bond donors (Lipinski definition) is 2. The summed E-state index contributed by atoms with van der Waals surface area (Å²) in [6.45, 7) is 5.99. The number of hydrogen-bond acceptors (Lipinski definition) is 2. The molecule has 3 nitrogen and oxygen atoms in total. The zero-order chi connectivity index (χ0) is 12.3. The summed E-state index contributed by atoms with van der Waals surface area (Å²) < 4.78 is 1.16. The first-order chi connectivity index (χ1) is 8.19. The third kappa shape index (κ3) is 5.05. The van der Waals surface area contributed by atoms with Gasteiger partial charge in [0, 0.05) is 12.6 Å². The van der Waals surface area contributed by atoms with Crippen molar-refractivity contribution in [1.29, 1.82) is 0 Å². The van der Waals surface area contributed by atoms with E-state index in [-0.39, 0.29) is 24.0 Å². The average molecular weight is 444 g/mol. The van der Waals surface area contributed by atoms with Crippen LogP contribution in [0.4, 0.5) is 0 Å². The van der Waals surface area contributed by atoms with Gasteiger partial charge in [0.1, 0.15) is 0 Å². The van der Waals surface area contributed by atoms with Gasteiger partial charge in [0.05, 0.1) is 10.3 Å². The molecular formula is C12H19BrIN3S. The SMILES string of the molecule is CCNC(=NCc1csc(Br)c1)NC1CC1C.I. The molecule has 1 aliphatic rings. The van der Waals surface area contributed by atoms with Gasteiger partial charge in [-0.05, 0) is 52.2 Å². The molecule has 2 rings (SSSR count). The van der Waals surface area contributed by atoms with Crippen molar-refractivity contribution >= 4 is 57.2 Å². The van der Waals surface area contributed by atoms with E-state index in [1.165, 1.54) is 12.0 Å². The fourth-order valence-electron chi connectivity index (χ4n) is 1.62. The van der Waals surface area contributed by atoms with Gasteiger partial charge >= 0.3 is 0 Å². The van der Waals surface area contributed by atoms with Gasteiger partial charge in [-0.25, -0.2) is 4.99 Å². The number of nitrogens with zero attached hydrogens (tertiary/aromatic N) is 1. The lowest BCUT2D eigenvalue weighted by atomic mass is 10.3. The highest BCUT2D eigenvalue weighted by Gasteiger charge is 2.33. The Morgan fingerprint density at radius 1 is 1.61 bits per heavy atom. The Hall–Kier alpha value is 0.180. The summed E-state index contributed by atoms with van der Waals surface area (Å²) in [6, 6.07) is 2.74. The minimum Gasteiger partial charge on any atom is -0.357 e. The Kier molecular flexibility index (Phi) is 6.94. The molecule has 102 valence electrons. The number of aliphatic imine (C=N–C) groups is 1. The fraction of sp³-hybridized carbons (Fsp3) is 0.583. The minimum atomic E-state index is 0. The average Bonchev–Trinajstić information content (AvgIpc) is 2.81. The van der Waals surface area contributed by atoms with E-state index < -0.39 is 0 Å². The van der Waals surface area contributed by atoms with Gasteiger partial charge < -0.3 is 10.6 Å². The number of halogens is 2. The lowest BCUT2D eigenvalue weighted by molar-refractivity contribution is 0.766. The standard InChI is InChI=1S/C12H18BrN3S.HI/c1-3-14-12(16-10-4-8(10)2)15-6-9-5-11(13)17-7-9;/h5,7-8,10H,3-4,6H2,1-2H3,(H2,14,15,16);1H. The normalized spacial score (nSPS) is 22.3. The molecule has 0 amide bonds. The summed E-state index contributed by atoms with van der Waals surface area (Å²) in [4.78, 5) is 4.59. The smallest absolute Gasteiger partial charge is 0.191 e. The first-order valence-corrected chi connectivity index (χ1v) is 7.64. The first kappa shape index (κ1) is 16.2. The lowest BCUT2D eigenvalue weighted by Crippen LogP contribution is -2.39. The maximum absolute atomic E-state index is 4.59. The van der Waals surface area contributed by atoms with E-state index in [4.69, 9.17) is 0 Å². The van der Waals surface area contributed by atoms with Gasteiger partial charge in [-0.1, -0.05) is 6.92 Å². The molecule has 0 bridgehead atoms. The molecule has 1 aromatic rings. The van der Waals surface area contributed by atoms with Crippen LogP contribution in [0.15, 0.2) is 20.2 Å². The maximum Gasteiger partial charge on any atom is 0.191 e. The van der Waals surface area contributed by atoms with E-state index in [1.807, 2.05) is 0 Å². The third-order valence-electron chi connectivity index (χ3n) is 2.82. The third-order valence-corrected chi connectivity index (χ3v) is 4.37. The van der Waals surface area contributed by atoms with Crippen molar-refractivity contribution in [1.82, 2.24) is 10.6 Å². The minimum absolute atomic E-state index is 0. The van der Waals surface area contributed by atoms with Crippen molar-refractivity contribution < 1.29 is 0 Å². The molecule has 1 aliphatic carbocycles. The van der Waals surface area contributed by atoms with Gasteiger partial charge in [0.15, 0.2) is 5.96 Å². The number of nitrogens with one attached hydrogen (secondary N) is 2. The molecule has 1 fully saturated rings. The van der Waals surface area contributed by atoms with Gasteiger partial charge in [-0.15, -0.1) is 35.3 Å². The molecule has 1 heterocycles. The highest BCUT2D eigenvalue weighted by Crippen LogP contribution is 2.28. The quantitative estimate of drug-likeness (QED) is 0.423. The molecule has 0 spiro atoms. The van der Waals surface area contributed by atoms with Crippen molar-refractivity contribution in [2.75, 3.05) is 6.54 Å². The van der Waals surface area contributed by atoms with Crippen molar-refractivity contribution in [3.05, 3.63) is 20.8 Å². The van der Waals surface area contributed by atoms with Crippen LogP contribution >= 0.6 is 51.2 Å². The van der Waals surface area contributed by atoms with Gasteiger partial charge in [-0.3, -0.25) is 0 Å². The van der Waals surface area contributed by atoms with Crippen molar-refractivity contribution in [2.24, 2.45) is 10.9 Å². The summed E-state index contributed by atoms with van der Waals surface area (Å²) in [5, 5.41) is 8.87. The zero-order valence-electron chi connectivity index (χ0n) is 10.6. The maximum atomic E-state index is 4.59. The van der Waals surface area contributed by atoms with Gasteiger partial charge in [-0.2, -0.15) is 0 Å². The molecule has 2 unspecified atom stereocenters. The molecule has 1 aromatic heterocycles. The topological polar surface area (TPSA) is 36.4 Å². The lowest BCUT2D eigenvalue weighted by Gasteiger charge is -2.10. The largest absolute Gasteiger partial charge is 0.357 e. The van der Waals surface area contributed by atoms with E-state index in [9.17, 15) is 0 Å². The van der Waals surface area contributed by atoms with Crippen LogP contribution < -0.4 is 10.6 Å². The fourth-order valence-corrected chi connectivity index (χ4v) is 2.82. The molecule has 18 heavy (non-hydrogen) atoms. The molecule has 0 aliphatic heterocycles. The van der Waals surface area contributed by atoms with Crippen LogP contribution in [-0.2, 0) is 6.54 Å². The van der Waals surface area contributed by atoms with Crippen LogP contribution in [0.2, 0.25) is 0 Å². The summed E-state index contributed by atoms with van der Waals surface area (Å²) in [6.07, 6.45) is 1.26. The van der Waals surface area contributed by atoms with Crippen molar-refractivity contribution in [2.45, 2.75) is 32.9 Å². The van der Waals surface area contributed by atoms with Crippen molar-refractivity contribution in [3.8, 4) is 0 Å². The molecular weight excluding hydrogens is 425 g/mol. The summed E-state index contributed by atoms with van der Waals surface area (Å²) in [7, 11) is 0. The first-order valence-electron chi connectivity index (χ1n) is 5.96. The van der Waals surface area contributed by atoms with Gasteiger partial charge in [0.2, 0.25) is 0 Å². The Balaban J connectivity index is 0.00000162. The molecule has 2 atom stereocenters. The van der Waals surface area contributed by atoms with E-state index >= 15 is 0 Å². The van der Waals surface area contributed by atoms with Crippen LogP contribution in [-0.4, -0.2) is 18.5 Å². The molecule has 1 saturated carbocycles. The van der Waals surface area contributed by atoms with E-state index in [2.05, 4.69) is 56.8 Å². The Labute approximate surface area is 138 Å². The Morgan fingerprint density at radius 2 is 2.33 bits per heavy atom. The predicted octanol–water partition coefficient (Wildman–Crippen LogP) is 3.59. The van der Waals surface area contributed by atoms with Crippen molar-refractivity contribution in [3.63, 3.8) is 0 Å². The second kappa shape index (κ2) is 7.69. The molecule has 0 saturated heterocycles. The molecule has 0 radical (unpaired) electrons. The van der Waals surface area contributed by atoms with E-state index in [0.29, 0.717) is 6.04 Å². The molecule has 0 aromatic carbocycles. The summed E-state index contributed by atoms with van der Waals surface area (Å²) in [5.74, 6) is 1.72. The molecule has 2 N–H and O–H groups in total. The number of rotatable bonds is 4. The highest BCUT2D eigenvalue weighted by atomic mass is 127. The Morgan fingerprint density at radius 3 is 2.83 bits per heavy atom. The van der Waals surface area contributed by atoms with E-state index in [1.54, 1.807) is 11.3 Å². The van der Waals surface area contributed by atoms with Crippen LogP contribution in [0, 0.1) is 5.92 Å². The Bertz CT molecular complexity index is 408. The summed E-state index contributed by atoms with van der Waals surface area (Å²) >= 11 is 5.17. The predicted molar refractivity (Wildman–Crippen MR) is 93.0 cm³/mol. The van der Waals surface area contributed by atoms with Crippen LogP contribution in [0.3, 0.4) is 0 Å². The summed E-state index contributed by atoms with van der Waals surface area (Å²) in [5.41, 5.74) is 1.25. The zero-order valence-corrected chi connectivity index (χ0v) is 15.3. The monoisotopic (exact) mass is 443 g/mol. The van der Waals surface area contributed by atoms with Crippen LogP contribution in [0.5, 0.6) is 0 Å². The van der Waals surface area contributed by atoms with E-state index in [0.717, 1.165) is 28.8 Å². The highest BCUT2D eigenvalue weighted by molar-refractivity contribution is 14.0. The number of guanidine groups is 1. The second-order valence-electron chi connectivity index (χ2n) is 4.42. The van der Waals surface area contributed by atoms with Crippen LogP contribution in [0.25, 0.3) is 0 Å². The molecule has 6 heteroatoms. The number of thiophene rings is 1.